The van der Waals surface area contributed by atoms with Crippen LogP contribution in [0.3, 0.4) is 0 Å². The molecule has 2 N–H and O–H groups in total. The van der Waals surface area contributed by atoms with Crippen molar-refractivity contribution in [3.8, 4) is 0 Å². The number of hydrogen-bond acceptors (Lipinski definition) is 3. The molecule has 1 unspecified atom stereocenters. The van der Waals surface area contributed by atoms with E-state index >= 15 is 0 Å². The third kappa shape index (κ3) is 5.23. The quantitative estimate of drug-likeness (QED) is 0.753. The molecular weight excluding hydrogens is 306 g/mol. The molecule has 2 rings (SSSR count). The van der Waals surface area contributed by atoms with Gasteiger partial charge in [-0.1, -0.05) is 12.1 Å². The van der Waals surface area contributed by atoms with Gasteiger partial charge in [0, 0.05) is 32.0 Å². The Morgan fingerprint density at radius 1 is 1.38 bits per heavy atom. The van der Waals surface area contributed by atoms with Gasteiger partial charge in [0.1, 0.15) is 6.04 Å². The van der Waals surface area contributed by atoms with E-state index in [1.54, 1.807) is 4.90 Å². The number of aryl methyl sites for hydroxylation is 1. The van der Waals surface area contributed by atoms with Crippen molar-refractivity contribution in [1.29, 1.82) is 0 Å². The number of hydrogen-bond donors (Lipinski definition) is 2. The lowest BCUT2D eigenvalue weighted by Gasteiger charge is -2.24. The van der Waals surface area contributed by atoms with E-state index in [0.29, 0.717) is 32.7 Å². The molecule has 6 heteroatoms. The molecule has 1 aromatic carbocycles. The first-order valence-corrected chi connectivity index (χ1v) is 8.61. The molecule has 3 amide bonds. The standard InChI is InChI=1S/C18H27N3O3/c1-3-24-12-6-10-19-17(22)16-9-5-11-21(16)18(23)20-15-8-4-7-14(2)13-15/h4,7-8,13,16H,3,5-6,9-12H2,1-2H3,(H,19,22)(H,20,23). The molecule has 0 spiro atoms. The third-order valence-electron chi connectivity index (χ3n) is 4.05. The Morgan fingerprint density at radius 2 is 2.21 bits per heavy atom. The van der Waals surface area contributed by atoms with Crippen LogP contribution in [-0.4, -0.2) is 49.2 Å². The average molecular weight is 333 g/mol. The number of nitrogens with zero attached hydrogens (tertiary/aromatic N) is 1. The van der Waals surface area contributed by atoms with E-state index in [9.17, 15) is 9.59 Å². The van der Waals surface area contributed by atoms with E-state index < -0.39 is 0 Å². The predicted molar refractivity (Wildman–Crippen MR) is 94.0 cm³/mol. The van der Waals surface area contributed by atoms with Gasteiger partial charge in [-0.2, -0.15) is 0 Å². The number of rotatable bonds is 7. The van der Waals surface area contributed by atoms with Crippen LogP contribution in [-0.2, 0) is 9.53 Å². The highest BCUT2D eigenvalue weighted by atomic mass is 16.5. The number of carbonyl (C=O) groups is 2. The summed E-state index contributed by atoms with van der Waals surface area (Å²) in [6, 6.07) is 7.04. The predicted octanol–water partition coefficient (Wildman–Crippen LogP) is 2.53. The summed E-state index contributed by atoms with van der Waals surface area (Å²) in [6.07, 6.45) is 2.33. The van der Waals surface area contributed by atoms with Gasteiger partial charge in [0.15, 0.2) is 0 Å². The first-order valence-electron chi connectivity index (χ1n) is 8.61. The van der Waals surface area contributed by atoms with Crippen LogP contribution in [0.1, 0.15) is 31.7 Å². The highest BCUT2D eigenvalue weighted by Crippen LogP contribution is 2.19. The summed E-state index contributed by atoms with van der Waals surface area (Å²) in [5, 5.41) is 5.78. The molecule has 24 heavy (non-hydrogen) atoms. The van der Waals surface area contributed by atoms with Crippen LogP contribution in [0.4, 0.5) is 10.5 Å². The summed E-state index contributed by atoms with van der Waals surface area (Å²) in [5.74, 6) is -0.0802. The van der Waals surface area contributed by atoms with Gasteiger partial charge in [0.05, 0.1) is 0 Å². The van der Waals surface area contributed by atoms with Gasteiger partial charge in [0.25, 0.3) is 0 Å². The zero-order chi connectivity index (χ0) is 17.4. The van der Waals surface area contributed by atoms with E-state index in [4.69, 9.17) is 4.74 Å². The van der Waals surface area contributed by atoms with E-state index in [0.717, 1.165) is 24.1 Å². The monoisotopic (exact) mass is 333 g/mol. The van der Waals surface area contributed by atoms with Gasteiger partial charge in [0.2, 0.25) is 5.91 Å². The highest BCUT2D eigenvalue weighted by Gasteiger charge is 2.33. The maximum Gasteiger partial charge on any atom is 0.322 e. The summed E-state index contributed by atoms with van der Waals surface area (Å²) in [5.41, 5.74) is 1.83. The van der Waals surface area contributed by atoms with Crippen molar-refractivity contribution < 1.29 is 14.3 Å². The molecule has 0 saturated carbocycles. The molecule has 132 valence electrons. The van der Waals surface area contributed by atoms with E-state index in [1.807, 2.05) is 38.1 Å². The summed E-state index contributed by atoms with van der Waals surface area (Å²) in [4.78, 5) is 26.4. The number of amides is 3. The number of anilines is 1. The number of ether oxygens (including phenoxy) is 1. The highest BCUT2D eigenvalue weighted by molar-refractivity contribution is 5.94. The van der Waals surface area contributed by atoms with Gasteiger partial charge in [-0.25, -0.2) is 4.79 Å². The minimum Gasteiger partial charge on any atom is -0.382 e. The number of benzene rings is 1. The molecule has 0 radical (unpaired) electrons. The molecule has 1 fully saturated rings. The van der Waals surface area contributed by atoms with Crippen LogP contribution >= 0.6 is 0 Å². The fraction of sp³-hybridized carbons (Fsp3) is 0.556. The largest absolute Gasteiger partial charge is 0.382 e. The molecule has 0 aromatic heterocycles. The number of likely N-dealkylation sites (tertiary alicyclic amines) is 1. The lowest BCUT2D eigenvalue weighted by molar-refractivity contribution is -0.124. The molecule has 1 aliphatic rings. The van der Waals surface area contributed by atoms with Crippen molar-refractivity contribution >= 4 is 17.6 Å². The summed E-state index contributed by atoms with van der Waals surface area (Å²) in [6.45, 7) is 6.42. The van der Waals surface area contributed by atoms with Crippen molar-refractivity contribution in [2.24, 2.45) is 0 Å². The maximum absolute atomic E-state index is 12.5. The molecule has 1 heterocycles. The van der Waals surface area contributed by atoms with Crippen molar-refractivity contribution in [3.63, 3.8) is 0 Å². The van der Waals surface area contributed by atoms with Crippen LogP contribution in [0.15, 0.2) is 24.3 Å². The summed E-state index contributed by atoms with van der Waals surface area (Å²) >= 11 is 0. The first kappa shape index (κ1) is 18.3. The SMILES string of the molecule is CCOCCCNC(=O)C1CCCN1C(=O)Nc1cccc(C)c1. The van der Waals surface area contributed by atoms with Gasteiger partial charge in [-0.15, -0.1) is 0 Å². The van der Waals surface area contributed by atoms with Crippen molar-refractivity contribution in [1.82, 2.24) is 10.2 Å². The van der Waals surface area contributed by atoms with Gasteiger partial charge >= 0.3 is 6.03 Å². The smallest absolute Gasteiger partial charge is 0.322 e. The Labute approximate surface area is 143 Å². The fourth-order valence-electron chi connectivity index (χ4n) is 2.85. The second kappa shape index (κ2) is 9.27. The molecule has 0 bridgehead atoms. The third-order valence-corrected chi connectivity index (χ3v) is 4.05. The molecular formula is C18H27N3O3. The molecule has 1 aliphatic heterocycles. The maximum atomic E-state index is 12.5. The normalized spacial score (nSPS) is 16.9. The van der Waals surface area contributed by atoms with Crippen LogP contribution in [0.2, 0.25) is 0 Å². The Bertz CT molecular complexity index is 562. The molecule has 6 nitrogen and oxygen atoms in total. The minimum absolute atomic E-state index is 0.0802. The number of nitrogens with one attached hydrogen (secondary N) is 2. The van der Waals surface area contributed by atoms with Gasteiger partial charge in [-0.3, -0.25) is 4.79 Å². The van der Waals surface area contributed by atoms with Gasteiger partial charge < -0.3 is 20.3 Å². The summed E-state index contributed by atoms with van der Waals surface area (Å²) in [7, 11) is 0. The zero-order valence-corrected chi connectivity index (χ0v) is 14.5. The summed E-state index contributed by atoms with van der Waals surface area (Å²) < 4.78 is 5.25. The number of carbonyl (C=O) groups excluding carboxylic acids is 2. The molecule has 1 atom stereocenters. The second-order valence-electron chi connectivity index (χ2n) is 5.99. The zero-order valence-electron chi connectivity index (χ0n) is 14.5. The lowest BCUT2D eigenvalue weighted by Crippen LogP contribution is -2.47. The number of urea groups is 1. The topological polar surface area (TPSA) is 70.7 Å². The molecule has 1 saturated heterocycles. The molecule has 0 aliphatic carbocycles. The Hall–Kier alpha value is -2.08. The fourth-order valence-corrected chi connectivity index (χ4v) is 2.85. The van der Waals surface area contributed by atoms with Crippen molar-refractivity contribution in [2.45, 2.75) is 39.2 Å². The van der Waals surface area contributed by atoms with Crippen LogP contribution in [0.5, 0.6) is 0 Å². The molecule has 1 aromatic rings. The average Bonchev–Trinajstić information content (AvgIpc) is 3.04. The van der Waals surface area contributed by atoms with Crippen molar-refractivity contribution in [2.75, 3.05) is 31.6 Å². The Balaban J connectivity index is 1.85. The van der Waals surface area contributed by atoms with Crippen molar-refractivity contribution in [3.05, 3.63) is 29.8 Å². The second-order valence-corrected chi connectivity index (χ2v) is 5.99. The van der Waals surface area contributed by atoms with Gasteiger partial charge in [-0.05, 0) is 50.8 Å². The van der Waals surface area contributed by atoms with Crippen LogP contribution < -0.4 is 10.6 Å². The first-order chi connectivity index (χ1) is 11.6. The van der Waals surface area contributed by atoms with Crippen LogP contribution in [0.25, 0.3) is 0 Å². The van der Waals surface area contributed by atoms with E-state index in [-0.39, 0.29) is 18.0 Å². The minimum atomic E-state index is -0.387. The van der Waals surface area contributed by atoms with Crippen LogP contribution in [0, 0.1) is 6.92 Å². The Morgan fingerprint density at radius 3 is 2.96 bits per heavy atom. The Kier molecular flexibility index (Phi) is 7.06. The van der Waals surface area contributed by atoms with E-state index in [2.05, 4.69) is 10.6 Å². The lowest BCUT2D eigenvalue weighted by atomic mass is 10.2. The van der Waals surface area contributed by atoms with E-state index in [1.165, 1.54) is 0 Å².